The zero-order chi connectivity index (χ0) is 19.2. The van der Waals surface area contributed by atoms with Crippen LogP contribution in [0.15, 0.2) is 24.9 Å². The zero-order valence-corrected chi connectivity index (χ0v) is 14.6. The van der Waals surface area contributed by atoms with Crippen molar-refractivity contribution in [2.24, 2.45) is 0 Å². The Balaban J connectivity index is 1.92. The topological polar surface area (TPSA) is 156 Å². The van der Waals surface area contributed by atoms with Crippen LogP contribution in [0.4, 0.5) is 4.39 Å². The molecule has 27 heavy (non-hydrogen) atoms. The summed E-state index contributed by atoms with van der Waals surface area (Å²) in [5.74, 6) is 0.108. The smallest absolute Gasteiger partial charge is 0.343 e. The van der Waals surface area contributed by atoms with Crippen LogP contribution in [-0.2, 0) is 15.8 Å². The van der Waals surface area contributed by atoms with Crippen molar-refractivity contribution in [1.29, 1.82) is 0 Å². The number of fused-ring (bicyclic) bond motifs is 1. The summed E-state index contributed by atoms with van der Waals surface area (Å²) in [7, 11) is -4.72. The van der Waals surface area contributed by atoms with Crippen LogP contribution < -0.4 is 0 Å². The summed E-state index contributed by atoms with van der Waals surface area (Å²) in [5, 5.41) is 4.07. The molecule has 4 aromatic heterocycles. The van der Waals surface area contributed by atoms with Gasteiger partial charge >= 0.3 is 7.82 Å². The van der Waals surface area contributed by atoms with E-state index >= 15 is 0 Å². The van der Waals surface area contributed by atoms with Gasteiger partial charge in [0.1, 0.15) is 17.2 Å². The van der Waals surface area contributed by atoms with Crippen LogP contribution in [0.2, 0.25) is 0 Å². The Hall–Kier alpha value is -2.99. The molecular weight excluding hydrogens is 382 g/mol. The maximum Gasteiger partial charge on any atom is 0.471 e. The lowest BCUT2D eigenvalue weighted by Gasteiger charge is -2.07. The maximum absolute atomic E-state index is 13.7. The number of nitrogens with one attached hydrogen (secondary N) is 1. The van der Waals surface area contributed by atoms with Gasteiger partial charge < -0.3 is 14.8 Å². The van der Waals surface area contributed by atoms with Crippen molar-refractivity contribution < 1.29 is 23.3 Å². The molecular formula is C13H12FN8O4P. The van der Waals surface area contributed by atoms with Crippen molar-refractivity contribution in [3.63, 3.8) is 0 Å². The predicted molar refractivity (Wildman–Crippen MR) is 87.4 cm³/mol. The van der Waals surface area contributed by atoms with Crippen LogP contribution in [0, 0.1) is 12.7 Å². The molecule has 0 aliphatic rings. The third-order valence-electron chi connectivity index (χ3n) is 3.54. The van der Waals surface area contributed by atoms with Gasteiger partial charge in [0.2, 0.25) is 5.78 Å². The van der Waals surface area contributed by atoms with Crippen LogP contribution in [0.3, 0.4) is 0 Å². The summed E-state index contributed by atoms with van der Waals surface area (Å²) in [6, 6.07) is 0. The zero-order valence-electron chi connectivity index (χ0n) is 13.7. The standard InChI is InChI=1S/C13H12FN8O4P/c1-7-18-12(22(20-7)6-26-27(23,24)25)10-11(9-3-15-5-17-9)21-4-8(14)2-16-13(21)19-10/h2-5H,6H2,1H3,(H,15,17)(H2,23,24,25). The lowest BCUT2D eigenvalue weighted by Crippen LogP contribution is -2.06. The normalized spacial score (nSPS) is 12.1. The first-order valence-corrected chi connectivity index (χ1v) is 8.99. The van der Waals surface area contributed by atoms with E-state index in [1.807, 2.05) is 0 Å². The summed E-state index contributed by atoms with van der Waals surface area (Å²) in [6.45, 7) is 1.04. The Bertz CT molecular complexity index is 1160. The van der Waals surface area contributed by atoms with Gasteiger partial charge in [-0.3, -0.25) is 8.92 Å². The number of nitrogens with zero attached hydrogens (tertiary/aromatic N) is 7. The van der Waals surface area contributed by atoms with E-state index in [0.29, 0.717) is 17.2 Å². The fourth-order valence-corrected chi connectivity index (χ4v) is 2.82. The number of H-pyrrole nitrogens is 1. The molecule has 4 aromatic rings. The van der Waals surface area contributed by atoms with Gasteiger partial charge in [0.15, 0.2) is 18.4 Å². The minimum atomic E-state index is -4.72. The van der Waals surface area contributed by atoms with Gasteiger partial charge in [-0.25, -0.2) is 33.6 Å². The molecule has 14 heteroatoms. The third-order valence-corrected chi connectivity index (χ3v) is 3.99. The Kier molecular flexibility index (Phi) is 4.08. The lowest BCUT2D eigenvalue weighted by molar-refractivity contribution is 0.146. The molecule has 0 unspecified atom stereocenters. The largest absolute Gasteiger partial charge is 0.471 e. The van der Waals surface area contributed by atoms with Crippen molar-refractivity contribution in [3.8, 4) is 22.9 Å². The van der Waals surface area contributed by atoms with Crippen molar-refractivity contribution >= 4 is 13.6 Å². The molecule has 140 valence electrons. The number of halogens is 1. The molecule has 0 amide bonds. The first-order chi connectivity index (χ1) is 12.8. The Morgan fingerprint density at radius 3 is 2.85 bits per heavy atom. The summed E-state index contributed by atoms with van der Waals surface area (Å²) >= 11 is 0. The fourth-order valence-electron chi connectivity index (χ4n) is 2.56. The molecule has 0 saturated heterocycles. The van der Waals surface area contributed by atoms with E-state index in [0.717, 1.165) is 10.9 Å². The third kappa shape index (κ3) is 3.36. The molecule has 0 saturated carbocycles. The highest BCUT2D eigenvalue weighted by Gasteiger charge is 2.24. The van der Waals surface area contributed by atoms with Crippen molar-refractivity contribution in [1.82, 2.24) is 39.1 Å². The van der Waals surface area contributed by atoms with Gasteiger partial charge in [-0.2, -0.15) is 5.10 Å². The highest BCUT2D eigenvalue weighted by Crippen LogP contribution is 2.37. The number of phosphoric ester groups is 1. The highest BCUT2D eigenvalue weighted by molar-refractivity contribution is 7.46. The Morgan fingerprint density at radius 1 is 1.33 bits per heavy atom. The maximum atomic E-state index is 13.7. The van der Waals surface area contributed by atoms with E-state index in [4.69, 9.17) is 9.79 Å². The highest BCUT2D eigenvalue weighted by atomic mass is 31.2. The molecule has 4 rings (SSSR count). The second-order valence-corrected chi connectivity index (χ2v) is 6.69. The van der Waals surface area contributed by atoms with E-state index in [2.05, 4.69) is 34.5 Å². The van der Waals surface area contributed by atoms with E-state index in [1.165, 1.54) is 23.1 Å². The molecule has 4 heterocycles. The number of aromatic nitrogens is 8. The molecule has 0 atom stereocenters. The van der Waals surface area contributed by atoms with E-state index < -0.39 is 20.4 Å². The molecule has 0 radical (unpaired) electrons. The predicted octanol–water partition coefficient (Wildman–Crippen LogP) is 0.892. The summed E-state index contributed by atoms with van der Waals surface area (Å²) in [6.07, 6.45) is 5.18. The number of imidazole rings is 2. The first-order valence-electron chi connectivity index (χ1n) is 7.46. The quantitative estimate of drug-likeness (QED) is 0.418. The number of rotatable bonds is 5. The lowest BCUT2D eigenvalue weighted by atomic mass is 10.2. The molecule has 0 fully saturated rings. The Morgan fingerprint density at radius 2 is 2.15 bits per heavy atom. The monoisotopic (exact) mass is 394 g/mol. The van der Waals surface area contributed by atoms with E-state index in [9.17, 15) is 8.96 Å². The number of hydrogen-bond donors (Lipinski definition) is 3. The second-order valence-electron chi connectivity index (χ2n) is 5.45. The van der Waals surface area contributed by atoms with Crippen molar-refractivity contribution in [2.75, 3.05) is 0 Å². The number of aryl methyl sites for hydroxylation is 1. The SMILES string of the molecule is Cc1nc(-c2nc3ncc(F)cn3c2-c2cnc[nH]2)n(COP(=O)(O)O)n1. The number of aromatic amines is 1. The molecule has 12 nitrogen and oxygen atoms in total. The van der Waals surface area contributed by atoms with Crippen molar-refractivity contribution in [2.45, 2.75) is 13.7 Å². The second kappa shape index (κ2) is 6.32. The summed E-state index contributed by atoms with van der Waals surface area (Å²) in [5.41, 5.74) is 1.17. The number of hydrogen-bond acceptors (Lipinski definition) is 7. The van der Waals surface area contributed by atoms with Crippen molar-refractivity contribution in [3.05, 3.63) is 36.6 Å². The van der Waals surface area contributed by atoms with E-state index in [1.54, 1.807) is 6.92 Å². The molecule has 0 spiro atoms. The Labute approximate surface area is 150 Å². The van der Waals surface area contributed by atoms with Gasteiger partial charge in [-0.1, -0.05) is 0 Å². The summed E-state index contributed by atoms with van der Waals surface area (Å²) < 4.78 is 31.8. The fraction of sp³-hybridized carbons (Fsp3) is 0.154. The first kappa shape index (κ1) is 17.4. The molecule has 0 aliphatic heterocycles. The molecule has 0 aromatic carbocycles. The van der Waals surface area contributed by atoms with Crippen LogP contribution in [0.1, 0.15) is 5.82 Å². The molecule has 0 aliphatic carbocycles. The van der Waals surface area contributed by atoms with Gasteiger partial charge in [-0.05, 0) is 6.92 Å². The average molecular weight is 394 g/mol. The van der Waals surface area contributed by atoms with Crippen LogP contribution in [0.5, 0.6) is 0 Å². The van der Waals surface area contributed by atoms with Gasteiger partial charge in [0.05, 0.1) is 30.6 Å². The van der Waals surface area contributed by atoms with Crippen LogP contribution in [-0.4, -0.2) is 48.9 Å². The van der Waals surface area contributed by atoms with Gasteiger partial charge in [0.25, 0.3) is 0 Å². The van der Waals surface area contributed by atoms with Crippen LogP contribution in [0.25, 0.3) is 28.7 Å². The van der Waals surface area contributed by atoms with Gasteiger partial charge in [-0.15, -0.1) is 0 Å². The van der Waals surface area contributed by atoms with Crippen LogP contribution >= 0.6 is 7.82 Å². The molecule has 3 N–H and O–H groups in total. The minimum Gasteiger partial charge on any atom is -0.343 e. The number of phosphoric acid groups is 1. The van der Waals surface area contributed by atoms with Gasteiger partial charge in [0, 0.05) is 0 Å². The average Bonchev–Trinajstić information content (AvgIpc) is 3.29. The molecule has 0 bridgehead atoms. The minimum absolute atomic E-state index is 0.163. The summed E-state index contributed by atoms with van der Waals surface area (Å²) in [4.78, 5) is 37.3. The van der Waals surface area contributed by atoms with E-state index in [-0.39, 0.29) is 17.3 Å².